The summed E-state index contributed by atoms with van der Waals surface area (Å²) in [4.78, 5) is 16.7. The summed E-state index contributed by atoms with van der Waals surface area (Å²) < 4.78 is 18.6. The SMILES string of the molecule is CCOc1ccc(CN(C)C(=O)CN2CCCC2c2ccc(F)cc2)cc1. The van der Waals surface area contributed by atoms with Crippen molar-refractivity contribution in [3.63, 3.8) is 0 Å². The Balaban J connectivity index is 1.57. The molecule has 1 atom stereocenters. The van der Waals surface area contributed by atoms with Crippen molar-refractivity contribution in [3.8, 4) is 5.75 Å². The number of likely N-dealkylation sites (tertiary alicyclic amines) is 1. The monoisotopic (exact) mass is 370 g/mol. The van der Waals surface area contributed by atoms with Crippen molar-refractivity contribution in [1.29, 1.82) is 0 Å². The summed E-state index contributed by atoms with van der Waals surface area (Å²) in [6.07, 6.45) is 2.06. The van der Waals surface area contributed by atoms with Crippen LogP contribution in [0.1, 0.15) is 36.9 Å². The van der Waals surface area contributed by atoms with Gasteiger partial charge in [0.15, 0.2) is 0 Å². The van der Waals surface area contributed by atoms with Crippen LogP contribution in [0.3, 0.4) is 0 Å². The molecule has 144 valence electrons. The Kier molecular flexibility index (Phi) is 6.45. The highest BCUT2D eigenvalue weighted by Crippen LogP contribution is 2.31. The minimum atomic E-state index is -0.227. The van der Waals surface area contributed by atoms with Gasteiger partial charge in [-0.05, 0) is 61.7 Å². The van der Waals surface area contributed by atoms with Crippen LogP contribution in [0, 0.1) is 5.82 Å². The average molecular weight is 370 g/mol. The van der Waals surface area contributed by atoms with Crippen LogP contribution in [0.15, 0.2) is 48.5 Å². The van der Waals surface area contributed by atoms with Gasteiger partial charge in [-0.2, -0.15) is 0 Å². The molecule has 2 aromatic rings. The zero-order valence-electron chi connectivity index (χ0n) is 16.0. The van der Waals surface area contributed by atoms with Crippen molar-refractivity contribution >= 4 is 5.91 Å². The van der Waals surface area contributed by atoms with Crippen LogP contribution in [0.5, 0.6) is 5.75 Å². The van der Waals surface area contributed by atoms with Gasteiger partial charge in [0.05, 0.1) is 13.2 Å². The predicted molar refractivity (Wildman–Crippen MR) is 104 cm³/mol. The molecule has 0 N–H and O–H groups in total. The summed E-state index contributed by atoms with van der Waals surface area (Å²) >= 11 is 0. The standard InChI is InChI=1S/C22H27FN2O2/c1-3-27-20-12-6-17(7-13-20)15-24(2)22(26)16-25-14-4-5-21(25)18-8-10-19(23)11-9-18/h6-13,21H,3-5,14-16H2,1-2H3. The molecule has 0 saturated carbocycles. The first-order chi connectivity index (χ1) is 13.1. The Bertz CT molecular complexity index is 746. The van der Waals surface area contributed by atoms with Crippen molar-refractivity contribution in [2.45, 2.75) is 32.4 Å². The van der Waals surface area contributed by atoms with Crippen LogP contribution < -0.4 is 4.74 Å². The molecular formula is C22H27FN2O2. The van der Waals surface area contributed by atoms with Gasteiger partial charge in [-0.25, -0.2) is 4.39 Å². The Labute approximate surface area is 160 Å². The molecule has 0 radical (unpaired) electrons. The van der Waals surface area contributed by atoms with Crippen LogP contribution in [-0.4, -0.2) is 42.5 Å². The molecule has 5 heteroatoms. The van der Waals surface area contributed by atoms with Crippen LogP contribution in [0.2, 0.25) is 0 Å². The maximum absolute atomic E-state index is 13.2. The predicted octanol–water partition coefficient (Wildman–Crippen LogP) is 4.02. The van der Waals surface area contributed by atoms with E-state index in [1.807, 2.05) is 50.4 Å². The van der Waals surface area contributed by atoms with Crippen molar-refractivity contribution in [1.82, 2.24) is 9.80 Å². The number of hydrogen-bond acceptors (Lipinski definition) is 3. The lowest BCUT2D eigenvalue weighted by molar-refractivity contribution is -0.131. The molecule has 0 bridgehead atoms. The third kappa shape index (κ3) is 5.07. The number of rotatable bonds is 7. The molecule has 1 heterocycles. The largest absolute Gasteiger partial charge is 0.494 e. The summed E-state index contributed by atoms with van der Waals surface area (Å²) in [6.45, 7) is 4.45. The molecular weight excluding hydrogens is 343 g/mol. The molecule has 0 spiro atoms. The maximum atomic E-state index is 13.2. The Morgan fingerprint density at radius 1 is 1.19 bits per heavy atom. The number of benzene rings is 2. The van der Waals surface area contributed by atoms with Crippen molar-refractivity contribution < 1.29 is 13.9 Å². The number of nitrogens with zero attached hydrogens (tertiary/aromatic N) is 2. The Morgan fingerprint density at radius 2 is 1.89 bits per heavy atom. The second-order valence-corrected chi connectivity index (χ2v) is 7.01. The minimum absolute atomic E-state index is 0.0953. The molecule has 2 aromatic carbocycles. The number of carbonyl (C=O) groups is 1. The number of amides is 1. The number of likely N-dealkylation sites (N-methyl/N-ethyl adjacent to an activating group) is 1. The van der Waals surface area contributed by atoms with Crippen molar-refractivity contribution in [2.24, 2.45) is 0 Å². The second-order valence-electron chi connectivity index (χ2n) is 7.01. The van der Waals surface area contributed by atoms with Gasteiger partial charge in [0.25, 0.3) is 0 Å². The fourth-order valence-corrected chi connectivity index (χ4v) is 3.59. The molecule has 1 amide bonds. The molecule has 1 fully saturated rings. The Morgan fingerprint density at radius 3 is 2.56 bits per heavy atom. The summed E-state index contributed by atoms with van der Waals surface area (Å²) in [5, 5.41) is 0. The number of hydrogen-bond donors (Lipinski definition) is 0. The molecule has 3 rings (SSSR count). The second kappa shape index (κ2) is 9.00. The third-order valence-electron chi connectivity index (χ3n) is 5.04. The smallest absolute Gasteiger partial charge is 0.236 e. The van der Waals surface area contributed by atoms with Gasteiger partial charge in [0, 0.05) is 19.6 Å². The van der Waals surface area contributed by atoms with E-state index in [4.69, 9.17) is 4.74 Å². The van der Waals surface area contributed by atoms with Crippen LogP contribution in [-0.2, 0) is 11.3 Å². The van der Waals surface area contributed by atoms with Gasteiger partial charge < -0.3 is 9.64 Å². The van der Waals surface area contributed by atoms with Crippen LogP contribution in [0.4, 0.5) is 4.39 Å². The van der Waals surface area contributed by atoms with Gasteiger partial charge in [-0.15, -0.1) is 0 Å². The quantitative estimate of drug-likeness (QED) is 0.738. The Hall–Kier alpha value is -2.40. The number of carbonyl (C=O) groups excluding carboxylic acids is 1. The summed E-state index contributed by atoms with van der Waals surface area (Å²) in [5.41, 5.74) is 2.15. The van der Waals surface area contributed by atoms with E-state index in [1.165, 1.54) is 12.1 Å². The molecule has 1 aliphatic heterocycles. The van der Waals surface area contributed by atoms with Crippen molar-refractivity contribution in [2.75, 3.05) is 26.7 Å². The highest BCUT2D eigenvalue weighted by molar-refractivity contribution is 5.78. The van der Waals surface area contributed by atoms with Crippen molar-refractivity contribution in [3.05, 3.63) is 65.5 Å². The van der Waals surface area contributed by atoms with E-state index in [0.29, 0.717) is 19.7 Å². The molecule has 0 aromatic heterocycles. The molecule has 1 unspecified atom stereocenters. The van der Waals surface area contributed by atoms with Crippen LogP contribution >= 0.6 is 0 Å². The van der Waals surface area contributed by atoms with E-state index < -0.39 is 0 Å². The van der Waals surface area contributed by atoms with Gasteiger partial charge >= 0.3 is 0 Å². The normalized spacial score (nSPS) is 17.1. The lowest BCUT2D eigenvalue weighted by Crippen LogP contribution is -2.37. The van der Waals surface area contributed by atoms with Gasteiger partial charge in [0.1, 0.15) is 11.6 Å². The maximum Gasteiger partial charge on any atom is 0.236 e. The molecule has 1 saturated heterocycles. The van der Waals surface area contributed by atoms with E-state index in [-0.39, 0.29) is 17.8 Å². The topological polar surface area (TPSA) is 32.8 Å². The zero-order chi connectivity index (χ0) is 19.2. The fourth-order valence-electron chi connectivity index (χ4n) is 3.59. The van der Waals surface area contributed by atoms with E-state index in [9.17, 15) is 9.18 Å². The lowest BCUT2D eigenvalue weighted by atomic mass is 10.0. The molecule has 4 nitrogen and oxygen atoms in total. The summed E-state index contributed by atoms with van der Waals surface area (Å²) in [7, 11) is 1.84. The van der Waals surface area contributed by atoms with E-state index in [0.717, 1.165) is 36.3 Å². The zero-order valence-corrected chi connectivity index (χ0v) is 16.0. The molecule has 0 aliphatic carbocycles. The molecule has 27 heavy (non-hydrogen) atoms. The molecule has 1 aliphatic rings. The first-order valence-corrected chi connectivity index (χ1v) is 9.52. The highest BCUT2D eigenvalue weighted by atomic mass is 19.1. The first-order valence-electron chi connectivity index (χ1n) is 9.52. The number of halogens is 1. The summed E-state index contributed by atoms with van der Waals surface area (Å²) in [5.74, 6) is 0.710. The highest BCUT2D eigenvalue weighted by Gasteiger charge is 2.28. The average Bonchev–Trinajstić information content (AvgIpc) is 3.12. The minimum Gasteiger partial charge on any atom is -0.494 e. The summed E-state index contributed by atoms with van der Waals surface area (Å²) in [6, 6.07) is 14.7. The van der Waals surface area contributed by atoms with Gasteiger partial charge in [0.2, 0.25) is 5.91 Å². The lowest BCUT2D eigenvalue weighted by Gasteiger charge is -2.27. The van der Waals surface area contributed by atoms with Crippen LogP contribution in [0.25, 0.3) is 0 Å². The van der Waals surface area contributed by atoms with E-state index in [2.05, 4.69) is 4.90 Å². The van der Waals surface area contributed by atoms with Gasteiger partial charge in [-0.1, -0.05) is 24.3 Å². The first kappa shape index (κ1) is 19.4. The number of ether oxygens (including phenoxy) is 1. The fraction of sp³-hybridized carbons (Fsp3) is 0.409. The third-order valence-corrected chi connectivity index (χ3v) is 5.04. The van der Waals surface area contributed by atoms with Gasteiger partial charge in [-0.3, -0.25) is 9.69 Å². The van der Waals surface area contributed by atoms with E-state index in [1.54, 1.807) is 4.90 Å². The van der Waals surface area contributed by atoms with E-state index >= 15 is 0 Å².